The maximum atomic E-state index is 4.07. The van der Waals surface area contributed by atoms with Crippen LogP contribution >= 0.6 is 0 Å². The fourth-order valence-corrected chi connectivity index (χ4v) is 2.24. The summed E-state index contributed by atoms with van der Waals surface area (Å²) in [7, 11) is 0. The van der Waals surface area contributed by atoms with E-state index in [2.05, 4.69) is 63.2 Å². The third-order valence-corrected chi connectivity index (χ3v) is 3.03. The fourth-order valence-electron chi connectivity index (χ4n) is 2.24. The van der Waals surface area contributed by atoms with Crippen molar-refractivity contribution in [2.45, 2.75) is 6.42 Å². The van der Waals surface area contributed by atoms with Crippen LogP contribution in [-0.2, 0) is 0 Å². The average Bonchev–Trinajstić information content (AvgIpc) is 2.76. The van der Waals surface area contributed by atoms with Crippen molar-refractivity contribution in [1.29, 1.82) is 0 Å². The summed E-state index contributed by atoms with van der Waals surface area (Å²) in [4.78, 5) is 0. The predicted octanol–water partition coefficient (Wildman–Crippen LogP) is 1.90. The lowest BCUT2D eigenvalue weighted by Gasteiger charge is -2.22. The van der Waals surface area contributed by atoms with Gasteiger partial charge in [0.25, 0.3) is 0 Å². The molecule has 0 saturated heterocycles. The predicted molar refractivity (Wildman–Crippen MR) is 61.2 cm³/mol. The first-order valence-corrected chi connectivity index (χ1v) is 5.40. The van der Waals surface area contributed by atoms with Crippen LogP contribution in [0.5, 0.6) is 0 Å². The lowest BCUT2D eigenvalue weighted by atomic mass is 9.81. The molecular weight excluding hydrogens is 200 g/mol. The molecule has 0 radical (unpaired) electrons. The first-order valence-electron chi connectivity index (χ1n) is 5.40. The molecule has 1 aromatic rings. The average molecular weight is 212 g/mol. The molecular formula is C12H12N4. The van der Waals surface area contributed by atoms with Gasteiger partial charge in [-0.25, -0.2) is 0 Å². The van der Waals surface area contributed by atoms with Crippen molar-refractivity contribution in [3.05, 3.63) is 48.4 Å². The third-order valence-electron chi connectivity index (χ3n) is 3.03. The highest BCUT2D eigenvalue weighted by Crippen LogP contribution is 2.35. The topological polar surface area (TPSA) is 54.5 Å². The summed E-state index contributed by atoms with van der Waals surface area (Å²) < 4.78 is 0. The Hall–Kier alpha value is -1.97. The van der Waals surface area contributed by atoms with Gasteiger partial charge < -0.3 is 0 Å². The zero-order valence-electron chi connectivity index (χ0n) is 8.74. The van der Waals surface area contributed by atoms with Crippen molar-refractivity contribution in [1.82, 2.24) is 20.6 Å². The van der Waals surface area contributed by atoms with Gasteiger partial charge in [-0.2, -0.15) is 5.21 Å². The van der Waals surface area contributed by atoms with E-state index >= 15 is 0 Å². The van der Waals surface area contributed by atoms with E-state index in [1.54, 1.807) is 0 Å². The number of aromatic amines is 1. The molecule has 0 bridgehead atoms. The number of H-pyrrole nitrogens is 1. The molecule has 0 aromatic carbocycles. The van der Waals surface area contributed by atoms with Gasteiger partial charge in [-0.05, 0) is 17.6 Å². The first-order chi connectivity index (χ1) is 7.95. The largest absolute Gasteiger partial charge is 0.201 e. The van der Waals surface area contributed by atoms with Gasteiger partial charge in [0.15, 0.2) is 0 Å². The number of aromatic nitrogens is 4. The van der Waals surface area contributed by atoms with E-state index < -0.39 is 0 Å². The molecule has 0 fully saturated rings. The number of fused-ring (bicyclic) bond motifs is 1. The number of allylic oxidation sites excluding steroid dienone is 8. The Balaban J connectivity index is 2.02. The van der Waals surface area contributed by atoms with E-state index in [0.29, 0.717) is 17.7 Å². The summed E-state index contributed by atoms with van der Waals surface area (Å²) in [5, 5.41) is 14.3. The van der Waals surface area contributed by atoms with Crippen molar-refractivity contribution in [3.63, 3.8) is 0 Å². The smallest absolute Gasteiger partial charge is 0.177 e. The molecule has 2 atom stereocenters. The Morgan fingerprint density at radius 3 is 3.00 bits per heavy atom. The number of nitrogens with one attached hydrogen (secondary N) is 1. The maximum absolute atomic E-state index is 4.07. The van der Waals surface area contributed by atoms with Gasteiger partial charge >= 0.3 is 0 Å². The van der Waals surface area contributed by atoms with E-state index in [9.17, 15) is 0 Å². The number of hydrogen-bond acceptors (Lipinski definition) is 3. The highest BCUT2D eigenvalue weighted by atomic mass is 15.5. The second-order valence-corrected chi connectivity index (χ2v) is 3.98. The van der Waals surface area contributed by atoms with Gasteiger partial charge in [0.1, 0.15) is 0 Å². The molecule has 1 aromatic heterocycles. The molecule has 1 N–H and O–H groups in total. The monoisotopic (exact) mass is 212 g/mol. The van der Waals surface area contributed by atoms with Gasteiger partial charge in [0, 0.05) is 11.5 Å². The van der Waals surface area contributed by atoms with Crippen LogP contribution in [0.15, 0.2) is 42.5 Å². The van der Waals surface area contributed by atoms with Crippen LogP contribution in [0.25, 0.3) is 5.57 Å². The van der Waals surface area contributed by atoms with Crippen LogP contribution in [0.4, 0.5) is 0 Å². The minimum absolute atomic E-state index is 0.359. The zero-order chi connectivity index (χ0) is 10.8. The molecule has 16 heavy (non-hydrogen) atoms. The van der Waals surface area contributed by atoms with E-state index in [-0.39, 0.29) is 0 Å². The Labute approximate surface area is 93.4 Å². The quantitative estimate of drug-likeness (QED) is 0.773. The van der Waals surface area contributed by atoms with Crippen molar-refractivity contribution < 1.29 is 0 Å². The molecule has 1 heterocycles. The first kappa shape index (κ1) is 9.27. The molecule has 4 nitrogen and oxygen atoms in total. The van der Waals surface area contributed by atoms with Crippen LogP contribution in [-0.4, -0.2) is 20.6 Å². The summed E-state index contributed by atoms with van der Waals surface area (Å²) in [5.41, 5.74) is 1.13. The summed E-state index contributed by atoms with van der Waals surface area (Å²) >= 11 is 0. The minimum atomic E-state index is 0.359. The summed E-state index contributed by atoms with van der Waals surface area (Å²) in [6.45, 7) is 0. The molecule has 2 aliphatic carbocycles. The maximum Gasteiger partial charge on any atom is 0.201 e. The van der Waals surface area contributed by atoms with E-state index in [1.807, 2.05) is 0 Å². The molecule has 3 rings (SSSR count). The van der Waals surface area contributed by atoms with Gasteiger partial charge in [-0.1, -0.05) is 42.5 Å². The SMILES string of the molecule is C1=CCC2C=CC=CC2C(c2nn[nH]n2)=C1. The van der Waals surface area contributed by atoms with Gasteiger partial charge in [0.05, 0.1) is 0 Å². The van der Waals surface area contributed by atoms with Crippen molar-refractivity contribution >= 4 is 5.57 Å². The van der Waals surface area contributed by atoms with Crippen LogP contribution in [0, 0.1) is 11.8 Å². The Morgan fingerprint density at radius 1 is 1.19 bits per heavy atom. The lowest BCUT2D eigenvalue weighted by molar-refractivity contribution is 0.571. The summed E-state index contributed by atoms with van der Waals surface area (Å²) in [6.07, 6.45) is 16.0. The van der Waals surface area contributed by atoms with Gasteiger partial charge in [-0.3, -0.25) is 0 Å². The molecule has 2 aliphatic rings. The summed E-state index contributed by atoms with van der Waals surface area (Å²) in [6, 6.07) is 0. The highest BCUT2D eigenvalue weighted by molar-refractivity contribution is 5.66. The Morgan fingerprint density at radius 2 is 2.12 bits per heavy atom. The molecule has 80 valence electrons. The van der Waals surface area contributed by atoms with Gasteiger partial charge in [-0.15, -0.1) is 10.2 Å². The van der Waals surface area contributed by atoms with Crippen LogP contribution in [0.2, 0.25) is 0 Å². The lowest BCUT2D eigenvalue weighted by Crippen LogP contribution is -2.14. The standard InChI is InChI=1S/C12H12N4/c1-3-7-10-9(5-1)6-2-4-8-11(10)12-13-15-16-14-12/h1-5,7-10H,6H2,(H,13,14,15,16). The normalized spacial score (nSPS) is 27.4. The van der Waals surface area contributed by atoms with E-state index in [4.69, 9.17) is 0 Å². The van der Waals surface area contributed by atoms with Crippen LogP contribution < -0.4 is 0 Å². The fraction of sp³-hybridized carbons (Fsp3) is 0.250. The molecule has 0 spiro atoms. The third kappa shape index (κ3) is 1.52. The number of hydrogen-bond donors (Lipinski definition) is 1. The van der Waals surface area contributed by atoms with Crippen molar-refractivity contribution in [3.8, 4) is 0 Å². The second kappa shape index (κ2) is 3.89. The molecule has 0 aliphatic heterocycles. The molecule has 0 amide bonds. The second-order valence-electron chi connectivity index (χ2n) is 3.98. The molecule has 2 unspecified atom stereocenters. The van der Waals surface area contributed by atoms with Crippen LogP contribution in [0.1, 0.15) is 12.2 Å². The van der Waals surface area contributed by atoms with Crippen molar-refractivity contribution in [2.24, 2.45) is 11.8 Å². The van der Waals surface area contributed by atoms with E-state index in [1.165, 1.54) is 0 Å². The van der Waals surface area contributed by atoms with Crippen molar-refractivity contribution in [2.75, 3.05) is 0 Å². The molecule has 4 heteroatoms. The zero-order valence-corrected chi connectivity index (χ0v) is 8.74. The number of rotatable bonds is 1. The number of tetrazole rings is 1. The van der Waals surface area contributed by atoms with E-state index in [0.717, 1.165) is 12.0 Å². The Bertz CT molecular complexity index is 479. The number of nitrogens with zero attached hydrogens (tertiary/aromatic N) is 3. The minimum Gasteiger partial charge on any atom is -0.177 e. The van der Waals surface area contributed by atoms with Gasteiger partial charge in [0.2, 0.25) is 5.82 Å². The highest BCUT2D eigenvalue weighted by Gasteiger charge is 2.25. The molecule has 0 saturated carbocycles. The van der Waals surface area contributed by atoms with Crippen LogP contribution in [0.3, 0.4) is 0 Å². The summed E-state index contributed by atoms with van der Waals surface area (Å²) in [5.74, 6) is 1.56. The Kier molecular flexibility index (Phi) is 2.25.